The number of hydrogen-bond donors (Lipinski definition) is 0. The van der Waals surface area contributed by atoms with E-state index in [1.54, 1.807) is 0 Å². The van der Waals surface area contributed by atoms with Crippen LogP contribution in [0.15, 0.2) is 121 Å². The van der Waals surface area contributed by atoms with Gasteiger partial charge in [-0.05, 0) is 49.4 Å². The Labute approximate surface area is 220 Å². The molecule has 0 aliphatic heterocycles. The van der Waals surface area contributed by atoms with Crippen LogP contribution in [0.3, 0.4) is 0 Å². The van der Waals surface area contributed by atoms with Gasteiger partial charge in [-0.3, -0.25) is 0 Å². The topological polar surface area (TPSA) is 14.1 Å². The van der Waals surface area contributed by atoms with Gasteiger partial charge < -0.3 is 5.32 Å². The van der Waals surface area contributed by atoms with Crippen molar-refractivity contribution >= 4 is 37.1 Å². The molecule has 4 aromatic rings. The first kappa shape index (κ1) is 26.9. The molecule has 34 heavy (non-hydrogen) atoms. The van der Waals surface area contributed by atoms with Crippen LogP contribution in [0, 0.1) is 0 Å². The van der Waals surface area contributed by atoms with Gasteiger partial charge in [0.25, 0.3) is 0 Å². The number of nitrogens with zero attached hydrogens (tertiary/aromatic N) is 1. The predicted molar refractivity (Wildman–Crippen MR) is 150 cm³/mol. The van der Waals surface area contributed by atoms with Crippen molar-refractivity contribution in [1.29, 1.82) is 0 Å². The van der Waals surface area contributed by atoms with Crippen LogP contribution in [-0.2, 0) is 19.5 Å². The second-order valence-corrected chi connectivity index (χ2v) is 12.7. The summed E-state index contributed by atoms with van der Waals surface area (Å²) in [6, 6.07) is 44.0. The van der Waals surface area contributed by atoms with Gasteiger partial charge in [-0.15, -0.1) is 13.1 Å². The fourth-order valence-corrected chi connectivity index (χ4v) is 8.71. The van der Waals surface area contributed by atoms with Gasteiger partial charge >= 0.3 is 19.5 Å². The van der Waals surface area contributed by atoms with Crippen LogP contribution in [0.4, 0.5) is 0 Å². The van der Waals surface area contributed by atoms with Gasteiger partial charge in [0.1, 0.15) is 0 Å². The zero-order valence-electron chi connectivity index (χ0n) is 19.5. The largest absolute Gasteiger partial charge is 1.00 e. The predicted octanol–water partition coefficient (Wildman–Crippen LogP) is 6.40. The summed E-state index contributed by atoms with van der Waals surface area (Å²) in [4.78, 5) is 0. The summed E-state index contributed by atoms with van der Waals surface area (Å²) >= 11 is 0. The molecule has 4 rings (SSSR count). The van der Waals surface area contributed by atoms with Crippen molar-refractivity contribution in [3.63, 3.8) is 0 Å². The molecule has 1 nitrogen and oxygen atoms in total. The quantitative estimate of drug-likeness (QED) is 0.107. The third-order valence-electron chi connectivity index (χ3n) is 5.67. The molecule has 0 amide bonds. The van der Waals surface area contributed by atoms with E-state index in [0.717, 1.165) is 25.9 Å². The minimum atomic E-state index is -0.303. The van der Waals surface area contributed by atoms with E-state index >= 15 is 0 Å². The zero-order valence-corrected chi connectivity index (χ0v) is 23.0. The molecular formula is C30H32NP2Ru. The normalized spacial score (nSPS) is 10.9. The van der Waals surface area contributed by atoms with Crippen LogP contribution < -0.4 is 21.2 Å². The first-order valence-corrected chi connectivity index (χ1v) is 14.9. The van der Waals surface area contributed by atoms with Crippen LogP contribution in [0.2, 0.25) is 0 Å². The van der Waals surface area contributed by atoms with E-state index in [2.05, 4.69) is 121 Å². The van der Waals surface area contributed by atoms with Gasteiger partial charge in [-0.25, -0.2) is 0 Å². The Hall–Kier alpha value is -1.68. The summed E-state index contributed by atoms with van der Waals surface area (Å²) in [6.45, 7) is 1.93. The Morgan fingerprint density at radius 2 is 0.676 bits per heavy atom. The van der Waals surface area contributed by atoms with E-state index in [0.29, 0.717) is 0 Å². The first-order valence-electron chi connectivity index (χ1n) is 11.8. The van der Waals surface area contributed by atoms with Crippen molar-refractivity contribution in [1.82, 2.24) is 0 Å². The Kier molecular flexibility index (Phi) is 12.1. The molecule has 0 atom stereocenters. The minimum absolute atomic E-state index is 0. The molecule has 4 heteroatoms. The van der Waals surface area contributed by atoms with Crippen LogP contribution in [-0.4, -0.2) is 25.4 Å². The summed E-state index contributed by atoms with van der Waals surface area (Å²) in [5.41, 5.74) is 0. The van der Waals surface area contributed by atoms with Crippen molar-refractivity contribution < 1.29 is 19.5 Å². The molecule has 0 spiro atoms. The van der Waals surface area contributed by atoms with Crippen molar-refractivity contribution in [2.45, 2.75) is 12.8 Å². The van der Waals surface area contributed by atoms with Gasteiger partial charge in [0.05, 0.1) is 0 Å². The summed E-state index contributed by atoms with van der Waals surface area (Å²) in [6.07, 6.45) is 4.71. The maximum atomic E-state index is 4.91. The van der Waals surface area contributed by atoms with Crippen molar-refractivity contribution in [2.75, 3.05) is 25.4 Å². The third-order valence-corrected chi connectivity index (χ3v) is 10.9. The minimum Gasteiger partial charge on any atom is -0.662 e. The fraction of sp³-hybridized carbons (Fsp3) is 0.200. The third kappa shape index (κ3) is 8.22. The molecule has 0 heterocycles. The molecule has 0 saturated carbocycles. The van der Waals surface area contributed by atoms with Crippen molar-refractivity contribution in [2.24, 2.45) is 0 Å². The molecule has 0 aliphatic rings. The Balaban J connectivity index is 0.00000324. The molecule has 0 aliphatic carbocycles. The average Bonchev–Trinajstić information content (AvgIpc) is 2.90. The Morgan fingerprint density at radius 3 is 0.941 bits per heavy atom. The van der Waals surface area contributed by atoms with Crippen LogP contribution >= 0.6 is 15.8 Å². The van der Waals surface area contributed by atoms with Crippen molar-refractivity contribution in [3.8, 4) is 0 Å². The van der Waals surface area contributed by atoms with Gasteiger partial charge in [-0.1, -0.05) is 134 Å². The summed E-state index contributed by atoms with van der Waals surface area (Å²) < 4.78 is 0. The monoisotopic (exact) mass is 570 g/mol. The zero-order chi connectivity index (χ0) is 22.6. The van der Waals surface area contributed by atoms with Crippen LogP contribution in [0.1, 0.15) is 12.8 Å². The van der Waals surface area contributed by atoms with Gasteiger partial charge in [0, 0.05) is 0 Å². The maximum Gasteiger partial charge on any atom is 1.00 e. The standard InChI is InChI=1S/C30H32NP2.Ru/c1-5-15-27(16-6-1)32(28-17-7-2-8-18-28)25-13-23-31-24-14-26-33(29-19-9-3-10-20-29)30-21-11-4-12-22-30;/h1-12,15-22H,13-14,23-26H2;/q-1;+1. The molecule has 0 unspecified atom stereocenters. The Morgan fingerprint density at radius 1 is 0.412 bits per heavy atom. The fourth-order valence-electron chi connectivity index (χ4n) is 4.04. The average molecular weight is 570 g/mol. The number of hydrogen-bond acceptors (Lipinski definition) is 0. The summed E-state index contributed by atoms with van der Waals surface area (Å²) in [5, 5.41) is 10.8. The molecule has 175 valence electrons. The maximum absolute atomic E-state index is 4.91. The molecule has 0 saturated heterocycles. The summed E-state index contributed by atoms with van der Waals surface area (Å²) in [5.74, 6) is 0. The van der Waals surface area contributed by atoms with Gasteiger partial charge in [0.15, 0.2) is 0 Å². The van der Waals surface area contributed by atoms with Gasteiger partial charge in [-0.2, -0.15) is 0 Å². The number of rotatable bonds is 12. The first-order chi connectivity index (χ1) is 16.4. The number of benzene rings is 4. The molecule has 0 bridgehead atoms. The van der Waals surface area contributed by atoms with Crippen LogP contribution in [0.5, 0.6) is 0 Å². The molecule has 1 radical (unpaired) electrons. The van der Waals surface area contributed by atoms with Crippen LogP contribution in [0.25, 0.3) is 5.32 Å². The second-order valence-electron chi connectivity index (χ2n) is 8.02. The molecule has 0 N–H and O–H groups in total. The molecule has 0 fully saturated rings. The molecule has 0 aromatic heterocycles. The summed E-state index contributed by atoms with van der Waals surface area (Å²) in [7, 11) is -0.606. The van der Waals surface area contributed by atoms with Gasteiger partial charge in [0.2, 0.25) is 0 Å². The van der Waals surface area contributed by atoms with E-state index in [9.17, 15) is 0 Å². The Bertz CT molecular complexity index is 880. The second kappa shape index (κ2) is 15.3. The van der Waals surface area contributed by atoms with E-state index in [4.69, 9.17) is 5.32 Å². The van der Waals surface area contributed by atoms with E-state index < -0.39 is 0 Å². The molecular weight excluding hydrogens is 537 g/mol. The van der Waals surface area contributed by atoms with E-state index in [1.165, 1.54) is 33.5 Å². The van der Waals surface area contributed by atoms with Crippen molar-refractivity contribution in [3.05, 3.63) is 127 Å². The SMILES string of the molecule is [Ru+].c1ccc(P(CCC[N-]CCCP(c2ccccc2)c2ccccc2)c2ccccc2)cc1. The smallest absolute Gasteiger partial charge is 0.662 e. The van der Waals surface area contributed by atoms with E-state index in [1.807, 2.05) is 0 Å². The van der Waals surface area contributed by atoms with E-state index in [-0.39, 0.29) is 35.3 Å². The molecule has 4 aromatic carbocycles.